The second-order valence-corrected chi connectivity index (χ2v) is 7.76. The molecule has 3 rings (SSSR count). The van der Waals surface area contributed by atoms with Crippen molar-refractivity contribution in [3.63, 3.8) is 0 Å². The number of piperidine rings is 1. The number of benzene rings is 1. The van der Waals surface area contributed by atoms with E-state index in [1.54, 1.807) is 0 Å². The first-order valence-corrected chi connectivity index (χ1v) is 9.33. The van der Waals surface area contributed by atoms with Gasteiger partial charge in [0, 0.05) is 31.1 Å². The molecule has 1 aromatic rings. The van der Waals surface area contributed by atoms with Crippen LogP contribution in [0.25, 0.3) is 0 Å². The molecule has 0 bridgehead atoms. The van der Waals surface area contributed by atoms with Crippen LogP contribution in [0.2, 0.25) is 5.02 Å². The highest BCUT2D eigenvalue weighted by atomic mass is 35.5. The van der Waals surface area contributed by atoms with E-state index < -0.39 is 0 Å². The van der Waals surface area contributed by atoms with Crippen molar-refractivity contribution in [2.45, 2.75) is 38.6 Å². The van der Waals surface area contributed by atoms with Crippen LogP contribution in [-0.4, -0.2) is 53.6 Å². The maximum atomic E-state index is 12.5. The largest absolute Gasteiger partial charge is 0.396 e. The third-order valence-corrected chi connectivity index (χ3v) is 5.74. The molecule has 0 aliphatic carbocycles. The van der Waals surface area contributed by atoms with E-state index in [2.05, 4.69) is 4.90 Å². The predicted octanol–water partition coefficient (Wildman–Crippen LogP) is 2.93. The molecule has 0 saturated carbocycles. The molecule has 1 amide bonds. The number of hydrogen-bond donors (Lipinski definition) is 1. The molecule has 0 unspecified atom stereocenters. The third kappa shape index (κ3) is 4.29. The van der Waals surface area contributed by atoms with Crippen molar-refractivity contribution >= 4 is 17.5 Å². The first kappa shape index (κ1) is 17.7. The topological polar surface area (TPSA) is 43.8 Å². The van der Waals surface area contributed by atoms with Gasteiger partial charge in [0.1, 0.15) is 0 Å². The number of amides is 1. The summed E-state index contributed by atoms with van der Waals surface area (Å²) in [5.74, 6) is 0.290. The lowest BCUT2D eigenvalue weighted by atomic mass is 9.77. The number of halogens is 1. The van der Waals surface area contributed by atoms with Gasteiger partial charge in [-0.2, -0.15) is 0 Å². The van der Waals surface area contributed by atoms with Gasteiger partial charge >= 0.3 is 0 Å². The lowest BCUT2D eigenvalue weighted by Crippen LogP contribution is -2.41. The van der Waals surface area contributed by atoms with Gasteiger partial charge in [-0.25, -0.2) is 0 Å². The van der Waals surface area contributed by atoms with Crippen molar-refractivity contribution in [2.24, 2.45) is 5.41 Å². The number of hydrogen-bond acceptors (Lipinski definition) is 3. The number of carbonyl (C=O) groups excluding carboxylic acids is 1. The molecule has 5 heteroatoms. The molecule has 1 N–H and O–H groups in total. The SMILES string of the molecule is O=C1CC2(CCN(CCCCO)CC2)CN1Cc1ccc(Cl)cc1. The fraction of sp³-hybridized carbons (Fsp3) is 0.632. The summed E-state index contributed by atoms with van der Waals surface area (Å²) in [4.78, 5) is 17.0. The molecule has 1 spiro atoms. The highest BCUT2D eigenvalue weighted by molar-refractivity contribution is 6.30. The van der Waals surface area contributed by atoms with Gasteiger partial charge in [0.15, 0.2) is 0 Å². The summed E-state index contributed by atoms with van der Waals surface area (Å²) in [7, 11) is 0. The van der Waals surface area contributed by atoms with Crippen LogP contribution in [-0.2, 0) is 11.3 Å². The second kappa shape index (κ2) is 7.85. The maximum absolute atomic E-state index is 12.5. The van der Waals surface area contributed by atoms with Crippen LogP contribution < -0.4 is 0 Å². The summed E-state index contributed by atoms with van der Waals surface area (Å²) >= 11 is 5.93. The van der Waals surface area contributed by atoms with Crippen molar-refractivity contribution < 1.29 is 9.90 Å². The Labute approximate surface area is 149 Å². The van der Waals surface area contributed by atoms with Gasteiger partial charge in [0.25, 0.3) is 0 Å². The highest BCUT2D eigenvalue weighted by Gasteiger charge is 2.44. The highest BCUT2D eigenvalue weighted by Crippen LogP contribution is 2.41. The van der Waals surface area contributed by atoms with Gasteiger partial charge < -0.3 is 14.9 Å². The van der Waals surface area contributed by atoms with E-state index in [1.165, 1.54) is 0 Å². The number of aliphatic hydroxyl groups excluding tert-OH is 1. The van der Waals surface area contributed by atoms with E-state index in [4.69, 9.17) is 16.7 Å². The summed E-state index contributed by atoms with van der Waals surface area (Å²) < 4.78 is 0. The zero-order valence-electron chi connectivity index (χ0n) is 14.2. The van der Waals surface area contributed by atoms with Crippen molar-refractivity contribution in [3.8, 4) is 0 Å². The van der Waals surface area contributed by atoms with Gasteiger partial charge in [-0.3, -0.25) is 4.79 Å². The fourth-order valence-electron chi connectivity index (χ4n) is 3.97. The summed E-state index contributed by atoms with van der Waals surface area (Å²) in [5.41, 5.74) is 1.32. The Bertz CT molecular complexity index is 553. The molecule has 4 nitrogen and oxygen atoms in total. The molecule has 132 valence electrons. The fourth-order valence-corrected chi connectivity index (χ4v) is 4.09. The van der Waals surface area contributed by atoms with Crippen molar-refractivity contribution in [3.05, 3.63) is 34.9 Å². The Morgan fingerprint density at radius 1 is 1.12 bits per heavy atom. The molecule has 0 aromatic heterocycles. The lowest BCUT2D eigenvalue weighted by molar-refractivity contribution is -0.128. The van der Waals surface area contributed by atoms with E-state index in [-0.39, 0.29) is 12.0 Å². The zero-order valence-corrected chi connectivity index (χ0v) is 15.0. The minimum Gasteiger partial charge on any atom is -0.396 e. The standard InChI is InChI=1S/C19H27ClN2O2/c20-17-5-3-16(4-6-17)14-22-15-19(13-18(22)24)7-10-21(11-8-19)9-1-2-12-23/h3-6,23H,1-2,7-15H2. The van der Waals surface area contributed by atoms with Crippen LogP contribution in [0.3, 0.4) is 0 Å². The number of unbranched alkanes of at least 4 members (excludes halogenated alkanes) is 1. The summed E-state index contributed by atoms with van der Waals surface area (Å²) in [6, 6.07) is 7.78. The molecular weight excluding hydrogens is 324 g/mol. The van der Waals surface area contributed by atoms with Crippen LogP contribution in [0.1, 0.15) is 37.7 Å². The molecule has 2 aliphatic heterocycles. The Morgan fingerprint density at radius 3 is 2.50 bits per heavy atom. The lowest BCUT2D eigenvalue weighted by Gasteiger charge is -2.38. The van der Waals surface area contributed by atoms with Crippen molar-refractivity contribution in [1.82, 2.24) is 9.80 Å². The monoisotopic (exact) mass is 350 g/mol. The van der Waals surface area contributed by atoms with Crippen LogP contribution in [0.5, 0.6) is 0 Å². The number of aliphatic hydroxyl groups is 1. The summed E-state index contributed by atoms with van der Waals surface area (Å²) in [6.07, 6.45) is 4.86. The van der Waals surface area contributed by atoms with E-state index in [9.17, 15) is 4.79 Å². The second-order valence-electron chi connectivity index (χ2n) is 7.33. The molecule has 24 heavy (non-hydrogen) atoms. The smallest absolute Gasteiger partial charge is 0.223 e. The van der Waals surface area contributed by atoms with Gasteiger partial charge in [-0.05, 0) is 68.4 Å². The first-order valence-electron chi connectivity index (χ1n) is 8.96. The van der Waals surface area contributed by atoms with Crippen LogP contribution >= 0.6 is 11.6 Å². The molecule has 0 atom stereocenters. The number of rotatable bonds is 6. The van der Waals surface area contributed by atoms with E-state index in [1.807, 2.05) is 29.2 Å². The Hall–Kier alpha value is -1.10. The van der Waals surface area contributed by atoms with E-state index >= 15 is 0 Å². The quantitative estimate of drug-likeness (QED) is 0.802. The van der Waals surface area contributed by atoms with Gasteiger partial charge in [-0.15, -0.1) is 0 Å². The zero-order chi connectivity index (χ0) is 17.0. The molecular formula is C19H27ClN2O2. The first-order chi connectivity index (χ1) is 11.6. The normalized spacial score (nSPS) is 20.9. The van der Waals surface area contributed by atoms with E-state index in [0.29, 0.717) is 18.9 Å². The van der Waals surface area contributed by atoms with Crippen molar-refractivity contribution in [2.75, 3.05) is 32.8 Å². The Balaban J connectivity index is 1.52. The molecule has 2 fully saturated rings. The maximum Gasteiger partial charge on any atom is 0.223 e. The van der Waals surface area contributed by atoms with Gasteiger partial charge in [0.2, 0.25) is 5.91 Å². The molecule has 0 radical (unpaired) electrons. The molecule has 2 saturated heterocycles. The number of nitrogens with zero attached hydrogens (tertiary/aromatic N) is 2. The van der Waals surface area contributed by atoms with Gasteiger partial charge in [-0.1, -0.05) is 23.7 Å². The van der Waals surface area contributed by atoms with E-state index in [0.717, 1.165) is 62.4 Å². The Morgan fingerprint density at radius 2 is 1.83 bits per heavy atom. The number of likely N-dealkylation sites (tertiary alicyclic amines) is 2. The third-order valence-electron chi connectivity index (χ3n) is 5.49. The number of carbonyl (C=O) groups is 1. The molecule has 2 heterocycles. The summed E-state index contributed by atoms with van der Waals surface area (Å²) in [6.45, 7) is 5.09. The van der Waals surface area contributed by atoms with Crippen LogP contribution in [0.4, 0.5) is 0 Å². The average Bonchev–Trinajstić information content (AvgIpc) is 2.87. The molecule has 1 aromatic carbocycles. The predicted molar refractivity (Wildman–Crippen MR) is 95.9 cm³/mol. The average molecular weight is 351 g/mol. The Kier molecular flexibility index (Phi) is 5.80. The minimum atomic E-state index is 0.178. The minimum absolute atomic E-state index is 0.178. The summed E-state index contributed by atoms with van der Waals surface area (Å²) in [5, 5.41) is 9.62. The van der Waals surface area contributed by atoms with Crippen molar-refractivity contribution in [1.29, 1.82) is 0 Å². The molecule has 2 aliphatic rings. The van der Waals surface area contributed by atoms with Crippen LogP contribution in [0, 0.1) is 5.41 Å². The van der Waals surface area contributed by atoms with Crippen LogP contribution in [0.15, 0.2) is 24.3 Å². The van der Waals surface area contributed by atoms with Gasteiger partial charge in [0.05, 0.1) is 0 Å².